The molecule has 0 unspecified atom stereocenters. The molecule has 0 atom stereocenters. The van der Waals surface area contributed by atoms with E-state index in [1.165, 1.54) is 18.2 Å². The van der Waals surface area contributed by atoms with Gasteiger partial charge in [0.1, 0.15) is 0 Å². The topological polar surface area (TPSA) is 66.5 Å². The van der Waals surface area contributed by atoms with E-state index >= 15 is 0 Å². The number of halogens is 1. The molecule has 0 radical (unpaired) electrons. The van der Waals surface area contributed by atoms with Crippen LogP contribution in [0.1, 0.15) is 24.2 Å². The van der Waals surface area contributed by atoms with Crippen molar-refractivity contribution >= 4 is 27.3 Å². The van der Waals surface area contributed by atoms with Gasteiger partial charge in [0.25, 0.3) is 5.91 Å². The summed E-state index contributed by atoms with van der Waals surface area (Å²) in [5.41, 5.74) is 0.242. The zero-order valence-corrected chi connectivity index (χ0v) is 14.1. The van der Waals surface area contributed by atoms with Gasteiger partial charge in [-0.1, -0.05) is 25.4 Å². The predicted octanol–water partition coefficient (Wildman–Crippen LogP) is 1.82. The van der Waals surface area contributed by atoms with Crippen molar-refractivity contribution in [1.82, 2.24) is 10.2 Å². The Balaban J connectivity index is 0.00000106. The largest absolute Gasteiger partial charge is 0.336 e. The number of nitrogens with one attached hydrogen (secondary N) is 1. The molecule has 1 aromatic rings. The van der Waals surface area contributed by atoms with Gasteiger partial charge >= 0.3 is 0 Å². The number of carbonyl (C=O) groups excluding carboxylic acids is 1. The third-order valence-corrected chi connectivity index (χ3v) is 4.44. The number of carbonyl (C=O) groups is 1. The number of nitrogens with zero attached hydrogens (tertiary/aromatic N) is 1. The zero-order chi connectivity index (χ0) is 16.0. The van der Waals surface area contributed by atoms with Gasteiger partial charge in [0.05, 0.1) is 15.5 Å². The summed E-state index contributed by atoms with van der Waals surface area (Å²) in [7, 11) is -3.35. The van der Waals surface area contributed by atoms with Crippen LogP contribution in [-0.4, -0.2) is 51.7 Å². The zero-order valence-electron chi connectivity index (χ0n) is 12.5. The van der Waals surface area contributed by atoms with Crippen LogP contribution in [0.4, 0.5) is 0 Å². The fraction of sp³-hybridized carbons (Fsp3) is 0.500. The van der Waals surface area contributed by atoms with Crippen LogP contribution in [0.5, 0.6) is 0 Å². The van der Waals surface area contributed by atoms with Crippen LogP contribution in [0.3, 0.4) is 0 Å². The molecule has 1 fully saturated rings. The maximum Gasteiger partial charge on any atom is 0.255 e. The monoisotopic (exact) mass is 332 g/mol. The first-order valence-corrected chi connectivity index (χ1v) is 9.16. The smallest absolute Gasteiger partial charge is 0.255 e. The number of benzene rings is 1. The molecule has 5 nitrogen and oxygen atoms in total. The van der Waals surface area contributed by atoms with Gasteiger partial charge < -0.3 is 10.2 Å². The highest BCUT2D eigenvalue weighted by Crippen LogP contribution is 2.22. The van der Waals surface area contributed by atoms with Crippen LogP contribution in [0.2, 0.25) is 5.02 Å². The van der Waals surface area contributed by atoms with Crippen molar-refractivity contribution < 1.29 is 13.2 Å². The number of hydrogen-bond donors (Lipinski definition) is 1. The first-order chi connectivity index (χ1) is 9.89. The molecule has 1 amide bonds. The Labute approximate surface area is 131 Å². The van der Waals surface area contributed by atoms with E-state index in [4.69, 9.17) is 11.6 Å². The molecule has 1 aromatic carbocycles. The van der Waals surface area contributed by atoms with Crippen molar-refractivity contribution in [2.45, 2.75) is 18.7 Å². The normalized spacial score (nSPS) is 15.1. The minimum absolute atomic E-state index is 0.107. The molecular formula is C14H21ClN2O3S. The molecule has 1 aliphatic rings. The molecular weight excluding hydrogens is 312 g/mol. The van der Waals surface area contributed by atoms with Crippen LogP contribution in [0.15, 0.2) is 23.1 Å². The molecule has 0 saturated carbocycles. The molecule has 21 heavy (non-hydrogen) atoms. The van der Waals surface area contributed by atoms with E-state index < -0.39 is 9.84 Å². The minimum Gasteiger partial charge on any atom is -0.336 e. The average Bonchev–Trinajstić information content (AvgIpc) is 2.49. The van der Waals surface area contributed by atoms with Crippen molar-refractivity contribution in [3.8, 4) is 0 Å². The lowest BCUT2D eigenvalue weighted by molar-refractivity contribution is 0.0735. The highest BCUT2D eigenvalue weighted by atomic mass is 35.5. The van der Waals surface area contributed by atoms with E-state index in [2.05, 4.69) is 5.32 Å². The van der Waals surface area contributed by atoms with Crippen molar-refractivity contribution in [2.75, 3.05) is 32.4 Å². The third-order valence-electron chi connectivity index (χ3n) is 3.00. The first-order valence-electron chi connectivity index (χ1n) is 6.89. The minimum atomic E-state index is -3.35. The molecule has 2 rings (SSSR count). The van der Waals surface area contributed by atoms with Crippen LogP contribution < -0.4 is 5.32 Å². The van der Waals surface area contributed by atoms with Crippen LogP contribution in [0.25, 0.3) is 0 Å². The lowest BCUT2D eigenvalue weighted by Gasteiger charge is -2.27. The van der Waals surface area contributed by atoms with E-state index in [-0.39, 0.29) is 21.4 Å². The van der Waals surface area contributed by atoms with Gasteiger partial charge in [-0.25, -0.2) is 8.42 Å². The summed E-state index contributed by atoms with van der Waals surface area (Å²) in [5, 5.41) is 3.42. The fourth-order valence-corrected chi connectivity index (χ4v) is 2.78. The molecule has 0 aromatic heterocycles. The Hall–Kier alpha value is -1.11. The van der Waals surface area contributed by atoms with Gasteiger partial charge in [0.2, 0.25) is 0 Å². The summed E-state index contributed by atoms with van der Waals surface area (Å²) >= 11 is 6.00. The Morgan fingerprint density at radius 2 is 1.81 bits per heavy atom. The van der Waals surface area contributed by atoms with E-state index in [0.717, 1.165) is 19.3 Å². The van der Waals surface area contributed by atoms with Gasteiger partial charge in [0.15, 0.2) is 9.84 Å². The molecule has 1 N–H and O–H groups in total. The standard InChI is InChI=1S/C12H15ClN2O3S.C2H6/c1-19(17,18)9-2-3-11(13)10(8-9)12(16)15-6-4-14-5-7-15;1-2/h2-3,8,14H,4-7H2,1H3;1-2H3. The quantitative estimate of drug-likeness (QED) is 0.897. The van der Waals surface area contributed by atoms with Crippen molar-refractivity contribution in [3.05, 3.63) is 28.8 Å². The Morgan fingerprint density at radius 3 is 2.33 bits per heavy atom. The van der Waals surface area contributed by atoms with Gasteiger partial charge in [0, 0.05) is 32.4 Å². The molecule has 1 saturated heterocycles. The van der Waals surface area contributed by atoms with Crippen LogP contribution in [-0.2, 0) is 9.84 Å². The summed E-state index contributed by atoms with van der Waals surface area (Å²) in [6, 6.07) is 4.21. The Bertz CT molecular complexity index is 596. The molecule has 0 spiro atoms. The summed E-state index contributed by atoms with van der Waals surface area (Å²) in [5.74, 6) is -0.225. The lowest BCUT2D eigenvalue weighted by atomic mass is 10.2. The van der Waals surface area contributed by atoms with E-state index in [9.17, 15) is 13.2 Å². The van der Waals surface area contributed by atoms with Gasteiger partial charge in [-0.15, -0.1) is 0 Å². The third kappa shape index (κ3) is 4.69. The van der Waals surface area contributed by atoms with Gasteiger partial charge in [-0.3, -0.25) is 4.79 Å². The van der Waals surface area contributed by atoms with E-state index in [1.54, 1.807) is 4.90 Å². The number of amides is 1. The van der Waals surface area contributed by atoms with E-state index in [1.807, 2.05) is 13.8 Å². The Kier molecular flexibility index (Phi) is 6.64. The molecule has 0 bridgehead atoms. The number of piperazine rings is 1. The highest BCUT2D eigenvalue weighted by molar-refractivity contribution is 7.90. The summed E-state index contributed by atoms with van der Waals surface area (Å²) < 4.78 is 23.0. The fourth-order valence-electron chi connectivity index (χ4n) is 1.94. The molecule has 118 valence electrons. The van der Waals surface area contributed by atoms with Crippen molar-refractivity contribution in [3.63, 3.8) is 0 Å². The first kappa shape index (κ1) is 17.9. The van der Waals surface area contributed by atoms with E-state index in [0.29, 0.717) is 13.1 Å². The van der Waals surface area contributed by atoms with Crippen molar-refractivity contribution in [2.24, 2.45) is 0 Å². The predicted molar refractivity (Wildman–Crippen MR) is 84.7 cm³/mol. The number of sulfone groups is 1. The second-order valence-corrected chi connectivity index (χ2v) is 6.88. The lowest BCUT2D eigenvalue weighted by Crippen LogP contribution is -2.46. The van der Waals surface area contributed by atoms with Gasteiger partial charge in [-0.05, 0) is 18.2 Å². The maximum absolute atomic E-state index is 12.3. The Morgan fingerprint density at radius 1 is 1.24 bits per heavy atom. The maximum atomic E-state index is 12.3. The second-order valence-electron chi connectivity index (χ2n) is 4.46. The SMILES string of the molecule is CC.CS(=O)(=O)c1ccc(Cl)c(C(=O)N2CCNCC2)c1. The summed E-state index contributed by atoms with van der Waals surface area (Å²) in [6.45, 7) is 6.65. The molecule has 1 aliphatic heterocycles. The van der Waals surface area contributed by atoms with Crippen LogP contribution >= 0.6 is 11.6 Å². The van der Waals surface area contributed by atoms with Crippen LogP contribution in [0, 0.1) is 0 Å². The van der Waals surface area contributed by atoms with Crippen molar-refractivity contribution in [1.29, 1.82) is 0 Å². The summed E-state index contributed by atoms with van der Waals surface area (Å²) in [6.07, 6.45) is 1.11. The summed E-state index contributed by atoms with van der Waals surface area (Å²) in [4.78, 5) is 14.1. The number of rotatable bonds is 2. The number of hydrogen-bond acceptors (Lipinski definition) is 4. The van der Waals surface area contributed by atoms with Gasteiger partial charge in [-0.2, -0.15) is 0 Å². The second kappa shape index (κ2) is 7.77. The molecule has 0 aliphatic carbocycles. The molecule has 7 heteroatoms. The molecule has 1 heterocycles. The highest BCUT2D eigenvalue weighted by Gasteiger charge is 2.21. The average molecular weight is 333 g/mol.